The van der Waals surface area contributed by atoms with Crippen LogP contribution in [0.3, 0.4) is 0 Å². The predicted molar refractivity (Wildman–Crippen MR) is 69.3 cm³/mol. The lowest BCUT2D eigenvalue weighted by molar-refractivity contribution is -0.138. The van der Waals surface area contributed by atoms with Crippen molar-refractivity contribution in [1.29, 1.82) is 0 Å². The van der Waals surface area contributed by atoms with Gasteiger partial charge in [0.2, 0.25) is 0 Å². The fourth-order valence-electron chi connectivity index (χ4n) is 1.60. The van der Waals surface area contributed by atoms with Crippen LogP contribution in [0.15, 0.2) is 12.1 Å². The number of aliphatic carboxylic acids is 1. The third-order valence-corrected chi connectivity index (χ3v) is 3.03. The van der Waals surface area contributed by atoms with Gasteiger partial charge in [0.05, 0.1) is 6.42 Å². The zero-order chi connectivity index (χ0) is 13.9. The molecule has 0 saturated heterocycles. The number of hydrogen-bond acceptors (Lipinski definition) is 2. The summed E-state index contributed by atoms with van der Waals surface area (Å²) in [4.78, 5) is 10.7. The van der Waals surface area contributed by atoms with Crippen LogP contribution in [-0.2, 0) is 11.3 Å². The second-order valence-corrected chi connectivity index (χ2v) is 5.41. The summed E-state index contributed by atoms with van der Waals surface area (Å²) in [6.45, 7) is 5.53. The van der Waals surface area contributed by atoms with Crippen molar-refractivity contribution in [3.05, 3.63) is 34.1 Å². The van der Waals surface area contributed by atoms with E-state index in [1.54, 1.807) is 26.8 Å². The standard InChI is InChI=1S/C13H17ClFNO2/c1-8-4-10(14)9(5-11(8)15)7-16-13(2,3)6-12(17)18/h4-5,16H,6-7H2,1-3H3,(H,17,18). The van der Waals surface area contributed by atoms with Gasteiger partial charge in [0, 0.05) is 17.1 Å². The quantitative estimate of drug-likeness (QED) is 0.867. The number of nitrogens with one attached hydrogen (secondary N) is 1. The minimum Gasteiger partial charge on any atom is -0.481 e. The molecule has 0 radical (unpaired) electrons. The normalized spacial score (nSPS) is 11.6. The average Bonchev–Trinajstić information content (AvgIpc) is 2.19. The van der Waals surface area contributed by atoms with Gasteiger partial charge in [0.1, 0.15) is 5.82 Å². The summed E-state index contributed by atoms with van der Waals surface area (Å²) in [6, 6.07) is 2.94. The van der Waals surface area contributed by atoms with E-state index >= 15 is 0 Å². The minimum atomic E-state index is -0.881. The maximum atomic E-state index is 13.4. The molecule has 0 aliphatic carbocycles. The van der Waals surface area contributed by atoms with Crippen LogP contribution in [0.1, 0.15) is 31.4 Å². The van der Waals surface area contributed by atoms with E-state index in [1.807, 2.05) is 0 Å². The zero-order valence-corrected chi connectivity index (χ0v) is 11.4. The first-order chi connectivity index (χ1) is 8.21. The lowest BCUT2D eigenvalue weighted by Crippen LogP contribution is -2.40. The Kier molecular flexibility index (Phi) is 4.71. The highest BCUT2D eigenvalue weighted by atomic mass is 35.5. The molecular weight excluding hydrogens is 257 g/mol. The lowest BCUT2D eigenvalue weighted by Gasteiger charge is -2.24. The zero-order valence-electron chi connectivity index (χ0n) is 10.7. The van der Waals surface area contributed by atoms with Gasteiger partial charge in [-0.2, -0.15) is 0 Å². The van der Waals surface area contributed by atoms with Crippen LogP contribution in [0.25, 0.3) is 0 Å². The molecule has 0 saturated carbocycles. The van der Waals surface area contributed by atoms with E-state index in [9.17, 15) is 9.18 Å². The summed E-state index contributed by atoms with van der Waals surface area (Å²) in [6.07, 6.45) is -0.0149. The Morgan fingerprint density at radius 1 is 1.50 bits per heavy atom. The van der Waals surface area contributed by atoms with Crippen molar-refractivity contribution in [2.45, 2.75) is 39.3 Å². The van der Waals surface area contributed by atoms with Crippen LogP contribution < -0.4 is 5.32 Å². The van der Waals surface area contributed by atoms with Crippen LogP contribution >= 0.6 is 11.6 Å². The first-order valence-corrected chi connectivity index (χ1v) is 6.00. The van der Waals surface area contributed by atoms with Crippen LogP contribution in [0.5, 0.6) is 0 Å². The van der Waals surface area contributed by atoms with Gasteiger partial charge in [-0.3, -0.25) is 4.79 Å². The van der Waals surface area contributed by atoms with E-state index in [-0.39, 0.29) is 12.2 Å². The van der Waals surface area contributed by atoms with Crippen LogP contribution in [0.4, 0.5) is 4.39 Å². The molecule has 1 aromatic carbocycles. The molecule has 100 valence electrons. The van der Waals surface area contributed by atoms with E-state index in [4.69, 9.17) is 16.7 Å². The minimum absolute atomic E-state index is 0.0149. The highest BCUT2D eigenvalue weighted by molar-refractivity contribution is 6.31. The number of benzene rings is 1. The maximum absolute atomic E-state index is 13.4. The number of rotatable bonds is 5. The molecule has 0 aliphatic rings. The molecule has 0 aromatic heterocycles. The Labute approximate surface area is 111 Å². The summed E-state index contributed by atoms with van der Waals surface area (Å²) >= 11 is 6.01. The molecule has 0 unspecified atom stereocenters. The number of carboxylic acid groups (broad SMARTS) is 1. The second kappa shape index (κ2) is 5.67. The number of carbonyl (C=O) groups is 1. The molecule has 18 heavy (non-hydrogen) atoms. The molecule has 0 aliphatic heterocycles. The highest BCUT2D eigenvalue weighted by Gasteiger charge is 2.21. The first kappa shape index (κ1) is 14.9. The van der Waals surface area contributed by atoms with Gasteiger partial charge < -0.3 is 10.4 Å². The second-order valence-electron chi connectivity index (χ2n) is 5.00. The van der Waals surface area contributed by atoms with E-state index < -0.39 is 11.5 Å². The fraction of sp³-hybridized carbons (Fsp3) is 0.462. The molecule has 0 spiro atoms. The molecule has 0 bridgehead atoms. The summed E-state index contributed by atoms with van der Waals surface area (Å²) in [7, 11) is 0. The van der Waals surface area contributed by atoms with Crippen LogP contribution in [0, 0.1) is 12.7 Å². The van der Waals surface area contributed by atoms with E-state index in [0.717, 1.165) is 0 Å². The Bertz CT molecular complexity index is 461. The van der Waals surface area contributed by atoms with Gasteiger partial charge >= 0.3 is 5.97 Å². The van der Waals surface area contributed by atoms with Crippen LogP contribution in [-0.4, -0.2) is 16.6 Å². The van der Waals surface area contributed by atoms with E-state index in [0.29, 0.717) is 22.7 Å². The smallest absolute Gasteiger partial charge is 0.305 e. The van der Waals surface area contributed by atoms with Gasteiger partial charge in [-0.1, -0.05) is 11.6 Å². The molecule has 0 fully saturated rings. The van der Waals surface area contributed by atoms with Crippen LogP contribution in [0.2, 0.25) is 5.02 Å². The summed E-state index contributed by atoms with van der Waals surface area (Å²) in [5, 5.41) is 12.3. The van der Waals surface area contributed by atoms with Gasteiger partial charge in [-0.25, -0.2) is 4.39 Å². The van der Waals surface area contributed by atoms with Gasteiger partial charge in [0.15, 0.2) is 0 Å². The highest BCUT2D eigenvalue weighted by Crippen LogP contribution is 2.21. The van der Waals surface area contributed by atoms with Crippen molar-refractivity contribution in [2.75, 3.05) is 0 Å². The number of carboxylic acids is 1. The van der Waals surface area contributed by atoms with Gasteiger partial charge in [0.25, 0.3) is 0 Å². The molecule has 0 atom stereocenters. The summed E-state index contributed by atoms with van der Waals surface area (Å²) < 4.78 is 13.4. The monoisotopic (exact) mass is 273 g/mol. The largest absolute Gasteiger partial charge is 0.481 e. The van der Waals surface area contributed by atoms with E-state index in [2.05, 4.69) is 5.32 Å². The predicted octanol–water partition coefficient (Wildman–Crippen LogP) is 3.13. The Balaban J connectivity index is 2.74. The molecule has 5 heteroatoms. The van der Waals surface area contributed by atoms with Crippen molar-refractivity contribution in [3.8, 4) is 0 Å². The first-order valence-electron chi connectivity index (χ1n) is 5.62. The Hall–Kier alpha value is -1.13. The molecule has 1 aromatic rings. The Morgan fingerprint density at radius 3 is 2.67 bits per heavy atom. The molecule has 0 amide bonds. The third-order valence-electron chi connectivity index (χ3n) is 2.68. The molecule has 2 N–H and O–H groups in total. The van der Waals surface area contributed by atoms with Crippen molar-refractivity contribution in [2.24, 2.45) is 0 Å². The summed E-state index contributed by atoms with van der Waals surface area (Å²) in [5.41, 5.74) is 0.544. The molecule has 3 nitrogen and oxygen atoms in total. The number of hydrogen-bond donors (Lipinski definition) is 2. The van der Waals surface area contributed by atoms with Gasteiger partial charge in [-0.05, 0) is 44.0 Å². The fourth-order valence-corrected chi connectivity index (χ4v) is 1.88. The van der Waals surface area contributed by atoms with Gasteiger partial charge in [-0.15, -0.1) is 0 Å². The number of aryl methyl sites for hydroxylation is 1. The maximum Gasteiger partial charge on any atom is 0.305 e. The van der Waals surface area contributed by atoms with Crippen molar-refractivity contribution in [3.63, 3.8) is 0 Å². The Morgan fingerprint density at radius 2 is 2.11 bits per heavy atom. The molecule has 1 rings (SSSR count). The SMILES string of the molecule is Cc1cc(Cl)c(CNC(C)(C)CC(=O)O)cc1F. The van der Waals surface area contributed by atoms with E-state index in [1.165, 1.54) is 6.07 Å². The van der Waals surface area contributed by atoms with Crippen molar-refractivity contribution in [1.82, 2.24) is 5.32 Å². The topological polar surface area (TPSA) is 49.3 Å². The number of halogens is 2. The lowest BCUT2D eigenvalue weighted by atomic mass is 10.00. The average molecular weight is 274 g/mol. The van der Waals surface area contributed by atoms with Crippen molar-refractivity contribution >= 4 is 17.6 Å². The molecular formula is C13H17ClFNO2. The van der Waals surface area contributed by atoms with Crippen molar-refractivity contribution < 1.29 is 14.3 Å². The summed E-state index contributed by atoms with van der Waals surface area (Å²) in [5.74, 6) is -1.19. The molecule has 0 heterocycles. The third kappa shape index (κ3) is 4.27.